The second-order valence-electron chi connectivity index (χ2n) is 10.5. The van der Waals surface area contributed by atoms with Gasteiger partial charge in [-0.1, -0.05) is 63.8 Å². The summed E-state index contributed by atoms with van der Waals surface area (Å²) in [7, 11) is 0. The van der Waals surface area contributed by atoms with Gasteiger partial charge in [0.25, 0.3) is 0 Å². The van der Waals surface area contributed by atoms with Crippen molar-refractivity contribution in [2.75, 3.05) is 23.8 Å². The quantitative estimate of drug-likeness (QED) is 0.131. The molecule has 5 rings (SSSR count). The molecule has 0 saturated heterocycles. The number of hydrogen-bond donors (Lipinski definition) is 2. The van der Waals surface area contributed by atoms with Gasteiger partial charge in [-0.15, -0.1) is 0 Å². The maximum Gasteiger partial charge on any atom is 0.196 e. The lowest BCUT2D eigenvalue weighted by Crippen LogP contribution is -2.23. The molecule has 6 nitrogen and oxygen atoms in total. The monoisotopic (exact) mass is 562 g/mol. The largest absolute Gasteiger partial charge is 0.494 e. The normalized spacial score (nSPS) is 12.0. The van der Waals surface area contributed by atoms with Crippen molar-refractivity contribution in [2.45, 2.75) is 52.4 Å². The van der Waals surface area contributed by atoms with Crippen LogP contribution < -0.4 is 20.1 Å². The number of hydrogen-bond acceptors (Lipinski definition) is 6. The van der Waals surface area contributed by atoms with Crippen molar-refractivity contribution in [3.63, 3.8) is 0 Å². The summed E-state index contributed by atoms with van der Waals surface area (Å²) < 4.78 is 11.6. The van der Waals surface area contributed by atoms with E-state index < -0.39 is 0 Å². The van der Waals surface area contributed by atoms with Crippen molar-refractivity contribution >= 4 is 34.3 Å². The highest BCUT2D eigenvalue weighted by molar-refractivity contribution is 6.32. The fourth-order valence-corrected chi connectivity index (χ4v) is 5.11. The average molecular weight is 563 g/mol. The van der Waals surface area contributed by atoms with Crippen molar-refractivity contribution in [1.82, 2.24) is 0 Å². The Morgan fingerprint density at radius 3 is 1.31 bits per heavy atom. The summed E-state index contributed by atoms with van der Waals surface area (Å²) in [4.78, 5) is 27.7. The number of carbonyl (C=O) groups excluding carboxylic acids is 2. The van der Waals surface area contributed by atoms with E-state index in [0.29, 0.717) is 46.8 Å². The maximum absolute atomic E-state index is 13.8. The number of fused-ring (bicyclic) bond motifs is 2. The van der Waals surface area contributed by atoms with E-state index in [2.05, 4.69) is 24.5 Å². The van der Waals surface area contributed by atoms with Crippen LogP contribution in [0.1, 0.15) is 84.2 Å². The third kappa shape index (κ3) is 6.65. The van der Waals surface area contributed by atoms with E-state index in [1.54, 1.807) is 24.3 Å². The number of nitrogens with one attached hydrogen (secondary N) is 2. The zero-order valence-corrected chi connectivity index (χ0v) is 24.4. The molecule has 0 amide bonds. The lowest BCUT2D eigenvalue weighted by molar-refractivity contribution is 0.0980. The van der Waals surface area contributed by atoms with Crippen LogP contribution in [0.2, 0.25) is 0 Å². The topological polar surface area (TPSA) is 76.7 Å². The third-order valence-corrected chi connectivity index (χ3v) is 7.37. The van der Waals surface area contributed by atoms with E-state index in [1.165, 1.54) is 0 Å². The van der Waals surface area contributed by atoms with Gasteiger partial charge in [-0.05, 0) is 73.5 Å². The molecule has 6 heteroatoms. The molecule has 2 N–H and O–H groups in total. The van der Waals surface area contributed by atoms with Gasteiger partial charge >= 0.3 is 0 Å². The Bertz CT molecular complexity index is 1410. The van der Waals surface area contributed by atoms with Crippen molar-refractivity contribution < 1.29 is 19.1 Å². The van der Waals surface area contributed by atoms with Crippen LogP contribution in [0.3, 0.4) is 0 Å². The molecule has 0 heterocycles. The van der Waals surface area contributed by atoms with Crippen LogP contribution in [0.15, 0.2) is 84.9 Å². The molecule has 0 radical (unpaired) electrons. The average Bonchev–Trinajstić information content (AvgIpc) is 3.02. The van der Waals surface area contributed by atoms with Gasteiger partial charge in [0.05, 0.1) is 35.7 Å². The van der Waals surface area contributed by atoms with Gasteiger partial charge in [0.15, 0.2) is 11.6 Å². The van der Waals surface area contributed by atoms with Crippen molar-refractivity contribution in [3.05, 3.63) is 107 Å². The van der Waals surface area contributed by atoms with Crippen LogP contribution in [0.25, 0.3) is 0 Å². The van der Waals surface area contributed by atoms with Gasteiger partial charge in [0.2, 0.25) is 0 Å². The fourth-order valence-electron chi connectivity index (χ4n) is 5.11. The molecule has 216 valence electrons. The predicted molar refractivity (Wildman–Crippen MR) is 169 cm³/mol. The van der Waals surface area contributed by atoms with Gasteiger partial charge in [-0.2, -0.15) is 0 Å². The molecule has 4 aromatic rings. The number of ketones is 2. The summed E-state index contributed by atoms with van der Waals surface area (Å²) in [6.07, 6.45) is 6.66. The number of benzene rings is 4. The van der Waals surface area contributed by atoms with E-state index in [9.17, 15) is 9.59 Å². The van der Waals surface area contributed by atoms with Gasteiger partial charge < -0.3 is 20.1 Å². The number of carbonyl (C=O) groups is 2. The molecule has 0 saturated carbocycles. The second kappa shape index (κ2) is 13.9. The molecule has 0 aliphatic heterocycles. The minimum atomic E-state index is -0.182. The van der Waals surface area contributed by atoms with E-state index in [0.717, 1.165) is 61.4 Å². The molecule has 0 bridgehead atoms. The first-order chi connectivity index (χ1) is 20.6. The fraction of sp³-hybridized carbons (Fsp3) is 0.278. The van der Waals surface area contributed by atoms with Crippen LogP contribution in [0.4, 0.5) is 22.7 Å². The Morgan fingerprint density at radius 2 is 0.929 bits per heavy atom. The summed E-state index contributed by atoms with van der Waals surface area (Å²) in [5, 5.41) is 6.69. The minimum absolute atomic E-state index is 0.182. The van der Waals surface area contributed by atoms with Gasteiger partial charge in [-0.3, -0.25) is 9.59 Å². The molecule has 1 aliphatic rings. The van der Waals surface area contributed by atoms with E-state index in [-0.39, 0.29) is 11.6 Å². The second-order valence-corrected chi connectivity index (χ2v) is 10.5. The number of unbranched alkanes of at least 4 members (excludes halogenated alkanes) is 4. The Hall–Kier alpha value is -4.58. The lowest BCUT2D eigenvalue weighted by Gasteiger charge is -2.23. The number of anilines is 4. The Labute approximate surface area is 248 Å². The number of ether oxygens (including phenoxy) is 2. The summed E-state index contributed by atoms with van der Waals surface area (Å²) in [6.45, 7) is 5.72. The first kappa shape index (κ1) is 28.9. The molecular formula is C36H38N2O4. The predicted octanol–water partition coefficient (Wildman–Crippen LogP) is 9.09. The first-order valence-electron chi connectivity index (χ1n) is 14.9. The highest BCUT2D eigenvalue weighted by Gasteiger charge is 2.33. The standard InChI is InChI=1S/C36H38N2O4/c1-3-5-7-23-41-27-19-15-25(16-20-27)37-31-13-9-11-29-33(31)35(39)30-12-10-14-32(34(30)36(29)40)38-26-17-21-28(22-18-26)42-24-8-6-4-2/h9-22,37-38H,3-8,23-24H2,1-2H3. The SMILES string of the molecule is CCCCCOc1ccc(Nc2cccc3c2C(=O)c2cccc(Nc4ccc(OCCCCC)cc4)c2C3=O)cc1. The van der Waals surface area contributed by atoms with Crippen LogP contribution >= 0.6 is 0 Å². The highest BCUT2D eigenvalue weighted by atomic mass is 16.5. The minimum Gasteiger partial charge on any atom is -0.494 e. The zero-order chi connectivity index (χ0) is 29.3. The Morgan fingerprint density at radius 1 is 0.524 bits per heavy atom. The molecule has 0 unspecified atom stereocenters. The molecule has 0 fully saturated rings. The highest BCUT2D eigenvalue weighted by Crippen LogP contribution is 2.37. The molecule has 42 heavy (non-hydrogen) atoms. The van der Waals surface area contributed by atoms with Crippen molar-refractivity contribution in [2.24, 2.45) is 0 Å². The molecule has 0 spiro atoms. The van der Waals surface area contributed by atoms with Gasteiger partial charge in [0, 0.05) is 22.5 Å². The first-order valence-corrected chi connectivity index (χ1v) is 14.9. The van der Waals surface area contributed by atoms with Crippen molar-refractivity contribution in [1.29, 1.82) is 0 Å². The summed E-state index contributed by atoms with van der Waals surface area (Å²) in [5.41, 5.74) is 4.36. The third-order valence-electron chi connectivity index (χ3n) is 7.37. The number of rotatable bonds is 14. The molecule has 4 aromatic carbocycles. The molecular weight excluding hydrogens is 524 g/mol. The Balaban J connectivity index is 1.33. The molecule has 0 atom stereocenters. The zero-order valence-electron chi connectivity index (χ0n) is 24.4. The van der Waals surface area contributed by atoms with E-state index in [4.69, 9.17) is 9.47 Å². The van der Waals surface area contributed by atoms with Crippen LogP contribution in [-0.2, 0) is 0 Å². The van der Waals surface area contributed by atoms with E-state index in [1.807, 2.05) is 60.7 Å². The van der Waals surface area contributed by atoms with Gasteiger partial charge in [-0.25, -0.2) is 0 Å². The molecule has 0 aromatic heterocycles. The summed E-state index contributed by atoms with van der Waals surface area (Å²) in [5.74, 6) is 1.25. The smallest absolute Gasteiger partial charge is 0.196 e. The summed E-state index contributed by atoms with van der Waals surface area (Å²) in [6, 6.07) is 26.0. The van der Waals surface area contributed by atoms with Crippen LogP contribution in [0, 0.1) is 0 Å². The van der Waals surface area contributed by atoms with E-state index >= 15 is 0 Å². The van der Waals surface area contributed by atoms with Crippen molar-refractivity contribution in [3.8, 4) is 11.5 Å². The summed E-state index contributed by atoms with van der Waals surface area (Å²) >= 11 is 0. The van der Waals surface area contributed by atoms with Crippen LogP contribution in [0.5, 0.6) is 11.5 Å². The maximum atomic E-state index is 13.8. The Kier molecular flexibility index (Phi) is 9.55. The van der Waals surface area contributed by atoms with Crippen LogP contribution in [-0.4, -0.2) is 24.8 Å². The molecule has 1 aliphatic carbocycles. The lowest BCUT2D eigenvalue weighted by atomic mass is 9.82. The van der Waals surface area contributed by atoms with Gasteiger partial charge in [0.1, 0.15) is 11.5 Å².